The smallest absolute Gasteiger partial charge is 0.281 e. The lowest BCUT2D eigenvalue weighted by Crippen LogP contribution is -2.59. The third-order valence-corrected chi connectivity index (χ3v) is 8.64. The minimum Gasteiger partial charge on any atom is -0.493 e. The highest BCUT2D eigenvalue weighted by Crippen LogP contribution is 2.46. The molecule has 3 unspecified atom stereocenters. The average molecular weight is 410 g/mol. The first-order valence-electron chi connectivity index (χ1n) is 10.0. The van der Waals surface area contributed by atoms with Crippen molar-refractivity contribution in [1.82, 2.24) is 13.5 Å². The van der Waals surface area contributed by atoms with Gasteiger partial charge in [-0.1, -0.05) is 0 Å². The zero-order valence-corrected chi connectivity index (χ0v) is 18.0. The first-order valence-corrected chi connectivity index (χ1v) is 11.4. The number of hydrogen-bond acceptors (Lipinski definition) is 5. The molecule has 0 bridgehead atoms. The Hall–Kier alpha value is -1.35. The quantitative estimate of drug-likeness (QED) is 0.760. The number of piperidine rings is 2. The first-order chi connectivity index (χ1) is 13.4. The summed E-state index contributed by atoms with van der Waals surface area (Å²) in [6.07, 6.45) is 3.87. The number of rotatable bonds is 4. The molecule has 3 aliphatic heterocycles. The zero-order chi connectivity index (χ0) is 20.1. The normalized spacial score (nSPS) is 28.4. The van der Waals surface area contributed by atoms with Crippen molar-refractivity contribution in [3.05, 3.63) is 23.3 Å². The van der Waals surface area contributed by atoms with Crippen molar-refractivity contribution in [1.29, 1.82) is 0 Å². The molecule has 3 aliphatic rings. The molecule has 2 fully saturated rings. The first kappa shape index (κ1) is 19.9. The van der Waals surface area contributed by atoms with Gasteiger partial charge in [0.1, 0.15) is 0 Å². The highest BCUT2D eigenvalue weighted by atomic mass is 32.2. The molecule has 0 aliphatic carbocycles. The molecule has 8 heteroatoms. The Morgan fingerprint density at radius 2 is 1.82 bits per heavy atom. The van der Waals surface area contributed by atoms with E-state index in [0.29, 0.717) is 12.5 Å². The van der Waals surface area contributed by atoms with E-state index in [9.17, 15) is 8.42 Å². The topological polar surface area (TPSA) is 62.3 Å². The Morgan fingerprint density at radius 1 is 1.11 bits per heavy atom. The lowest BCUT2D eigenvalue weighted by Gasteiger charge is -2.52. The molecule has 0 spiro atoms. The summed E-state index contributed by atoms with van der Waals surface area (Å²) in [4.78, 5) is 2.54. The van der Waals surface area contributed by atoms with Gasteiger partial charge in [-0.15, -0.1) is 0 Å². The number of benzene rings is 1. The SMILES string of the molecule is COc1cc2c(cc1OC)C1CC3C(CCCN3S(=O)(=O)N(C)C)CN1CC2. The third-order valence-electron chi connectivity index (χ3n) is 6.67. The zero-order valence-electron chi connectivity index (χ0n) is 17.2. The minimum absolute atomic E-state index is 0.0569. The average Bonchev–Trinajstić information content (AvgIpc) is 2.70. The van der Waals surface area contributed by atoms with E-state index in [1.54, 1.807) is 32.6 Å². The van der Waals surface area contributed by atoms with E-state index in [0.717, 1.165) is 50.3 Å². The van der Waals surface area contributed by atoms with Gasteiger partial charge in [-0.25, -0.2) is 0 Å². The maximum absolute atomic E-state index is 12.9. The summed E-state index contributed by atoms with van der Waals surface area (Å²) in [5.74, 6) is 1.91. The van der Waals surface area contributed by atoms with Crippen molar-refractivity contribution in [2.45, 2.75) is 37.8 Å². The van der Waals surface area contributed by atoms with Gasteiger partial charge in [-0.2, -0.15) is 17.0 Å². The summed E-state index contributed by atoms with van der Waals surface area (Å²) in [5, 5.41) is 0. The fourth-order valence-corrected chi connectivity index (χ4v) is 6.61. The summed E-state index contributed by atoms with van der Waals surface area (Å²) in [7, 11) is 3.17. The lowest BCUT2D eigenvalue weighted by atomic mass is 9.77. The molecule has 0 N–H and O–H groups in total. The molecule has 7 nitrogen and oxygen atoms in total. The van der Waals surface area contributed by atoms with Crippen molar-refractivity contribution in [2.24, 2.45) is 5.92 Å². The summed E-state index contributed by atoms with van der Waals surface area (Å²) >= 11 is 0. The van der Waals surface area contributed by atoms with Crippen LogP contribution in [0.1, 0.15) is 36.4 Å². The molecular formula is C20H31N3O4S. The standard InChI is InChI=1S/C20H31N3O4S/c1-21(2)28(24,25)23-8-5-6-15-13-22-9-7-14-10-19(26-3)20(27-4)11-16(14)18(22)12-17(15)23/h10-11,15,17-18H,5-9,12-13H2,1-4H3. The van der Waals surface area contributed by atoms with Gasteiger partial charge in [0.15, 0.2) is 11.5 Å². The van der Waals surface area contributed by atoms with Crippen molar-refractivity contribution < 1.29 is 17.9 Å². The molecule has 0 radical (unpaired) electrons. The molecule has 4 rings (SSSR count). The van der Waals surface area contributed by atoms with Gasteiger partial charge in [-0.05, 0) is 54.9 Å². The van der Waals surface area contributed by atoms with E-state index in [4.69, 9.17) is 9.47 Å². The summed E-state index contributed by atoms with van der Waals surface area (Å²) < 4.78 is 40.0. The number of ether oxygens (including phenoxy) is 2. The summed E-state index contributed by atoms with van der Waals surface area (Å²) in [6, 6.07) is 4.47. The highest BCUT2D eigenvalue weighted by Gasteiger charge is 2.46. The van der Waals surface area contributed by atoms with Crippen LogP contribution in [-0.2, 0) is 16.6 Å². The molecule has 156 valence electrons. The molecule has 3 atom stereocenters. The van der Waals surface area contributed by atoms with Crippen LogP contribution in [0.25, 0.3) is 0 Å². The van der Waals surface area contributed by atoms with Crippen molar-refractivity contribution in [2.75, 3.05) is 47.9 Å². The van der Waals surface area contributed by atoms with Crippen LogP contribution < -0.4 is 9.47 Å². The van der Waals surface area contributed by atoms with Gasteiger partial charge in [0.05, 0.1) is 14.2 Å². The summed E-state index contributed by atoms with van der Waals surface area (Å²) in [6.45, 7) is 2.59. The molecule has 0 saturated carbocycles. The van der Waals surface area contributed by atoms with Gasteiger partial charge in [0, 0.05) is 45.8 Å². The van der Waals surface area contributed by atoms with Gasteiger partial charge >= 0.3 is 0 Å². The molecule has 2 saturated heterocycles. The van der Waals surface area contributed by atoms with Gasteiger partial charge < -0.3 is 9.47 Å². The van der Waals surface area contributed by atoms with Crippen LogP contribution in [0, 0.1) is 5.92 Å². The van der Waals surface area contributed by atoms with Gasteiger partial charge in [-0.3, -0.25) is 4.90 Å². The summed E-state index contributed by atoms with van der Waals surface area (Å²) in [5.41, 5.74) is 2.55. The highest BCUT2D eigenvalue weighted by molar-refractivity contribution is 7.86. The second-order valence-electron chi connectivity index (χ2n) is 8.27. The van der Waals surface area contributed by atoms with Crippen LogP contribution in [0.15, 0.2) is 12.1 Å². The molecule has 1 aromatic carbocycles. The van der Waals surface area contributed by atoms with E-state index in [1.807, 2.05) is 0 Å². The number of methoxy groups -OCH3 is 2. The van der Waals surface area contributed by atoms with E-state index < -0.39 is 10.2 Å². The molecule has 0 amide bonds. The Kier molecular flexibility index (Phi) is 5.33. The van der Waals surface area contributed by atoms with E-state index in [1.165, 1.54) is 15.4 Å². The fraction of sp³-hybridized carbons (Fsp3) is 0.700. The molecular weight excluding hydrogens is 378 g/mol. The Bertz CT molecular complexity index is 842. The van der Waals surface area contributed by atoms with Crippen LogP contribution in [0.3, 0.4) is 0 Å². The molecule has 28 heavy (non-hydrogen) atoms. The van der Waals surface area contributed by atoms with Gasteiger partial charge in [0.2, 0.25) is 0 Å². The number of fused-ring (bicyclic) bond motifs is 4. The Balaban J connectivity index is 1.69. The Labute approximate surface area is 168 Å². The number of nitrogens with zero attached hydrogens (tertiary/aromatic N) is 3. The van der Waals surface area contributed by atoms with E-state index >= 15 is 0 Å². The Morgan fingerprint density at radius 3 is 2.50 bits per heavy atom. The predicted octanol–water partition coefficient (Wildman–Crippen LogP) is 1.89. The molecule has 3 heterocycles. The van der Waals surface area contributed by atoms with Crippen LogP contribution in [0.2, 0.25) is 0 Å². The minimum atomic E-state index is -3.41. The third kappa shape index (κ3) is 3.20. The monoisotopic (exact) mass is 409 g/mol. The lowest BCUT2D eigenvalue weighted by molar-refractivity contribution is 0.0202. The largest absolute Gasteiger partial charge is 0.493 e. The van der Waals surface area contributed by atoms with Crippen LogP contribution >= 0.6 is 0 Å². The van der Waals surface area contributed by atoms with Gasteiger partial charge in [0.25, 0.3) is 10.2 Å². The van der Waals surface area contributed by atoms with Crippen molar-refractivity contribution >= 4 is 10.2 Å². The van der Waals surface area contributed by atoms with E-state index in [-0.39, 0.29) is 12.1 Å². The van der Waals surface area contributed by atoms with E-state index in [2.05, 4.69) is 17.0 Å². The fourth-order valence-electron chi connectivity index (χ4n) is 5.23. The van der Waals surface area contributed by atoms with Crippen molar-refractivity contribution in [3.8, 4) is 11.5 Å². The molecule has 0 aromatic heterocycles. The van der Waals surface area contributed by atoms with Crippen LogP contribution in [0.4, 0.5) is 0 Å². The maximum atomic E-state index is 12.9. The van der Waals surface area contributed by atoms with Crippen molar-refractivity contribution in [3.63, 3.8) is 0 Å². The second kappa shape index (κ2) is 7.48. The maximum Gasteiger partial charge on any atom is 0.281 e. The number of hydrogen-bond donors (Lipinski definition) is 0. The predicted molar refractivity (Wildman–Crippen MR) is 108 cm³/mol. The van der Waals surface area contributed by atoms with Crippen LogP contribution in [-0.4, -0.2) is 75.9 Å². The molecule has 1 aromatic rings. The van der Waals surface area contributed by atoms with Crippen LogP contribution in [0.5, 0.6) is 11.5 Å². The second-order valence-corrected chi connectivity index (χ2v) is 10.4.